The third-order valence-electron chi connectivity index (χ3n) is 5.52. The van der Waals surface area contributed by atoms with Crippen LogP contribution in [0, 0.1) is 5.82 Å². The van der Waals surface area contributed by atoms with E-state index in [1.807, 2.05) is 12.1 Å². The molecule has 142 valence electrons. The summed E-state index contributed by atoms with van der Waals surface area (Å²) in [4.78, 5) is 15.0. The SMILES string of the molecule is COc1cc(F)ccc1CN1CCCC1C(=O)Nc1ccc(C2CC2)cc1. The van der Waals surface area contributed by atoms with E-state index in [1.165, 1.54) is 37.6 Å². The Balaban J connectivity index is 1.42. The second-order valence-corrected chi connectivity index (χ2v) is 7.47. The fourth-order valence-corrected chi connectivity index (χ4v) is 3.86. The van der Waals surface area contributed by atoms with Crippen LogP contribution >= 0.6 is 0 Å². The number of halogens is 1. The van der Waals surface area contributed by atoms with E-state index in [2.05, 4.69) is 22.3 Å². The molecule has 1 aliphatic heterocycles. The Morgan fingerprint density at radius 2 is 1.96 bits per heavy atom. The van der Waals surface area contributed by atoms with Gasteiger partial charge in [-0.05, 0) is 61.9 Å². The zero-order valence-electron chi connectivity index (χ0n) is 15.6. The van der Waals surface area contributed by atoms with Crippen LogP contribution in [-0.4, -0.2) is 30.5 Å². The van der Waals surface area contributed by atoms with Gasteiger partial charge in [0.15, 0.2) is 0 Å². The van der Waals surface area contributed by atoms with Crippen molar-refractivity contribution in [2.45, 2.75) is 44.2 Å². The molecule has 4 rings (SSSR count). The number of amides is 1. The number of carbonyl (C=O) groups is 1. The normalized spacial score (nSPS) is 19.9. The molecule has 0 bridgehead atoms. The van der Waals surface area contributed by atoms with Gasteiger partial charge in [-0.15, -0.1) is 0 Å². The first-order valence-corrected chi connectivity index (χ1v) is 9.61. The zero-order valence-corrected chi connectivity index (χ0v) is 15.6. The summed E-state index contributed by atoms with van der Waals surface area (Å²) < 4.78 is 18.7. The zero-order chi connectivity index (χ0) is 18.8. The molecule has 2 fully saturated rings. The summed E-state index contributed by atoms with van der Waals surface area (Å²) >= 11 is 0. The molecule has 1 aliphatic carbocycles. The first-order valence-electron chi connectivity index (χ1n) is 9.61. The summed E-state index contributed by atoms with van der Waals surface area (Å²) in [6.45, 7) is 1.42. The molecule has 1 saturated carbocycles. The average molecular weight is 368 g/mol. The van der Waals surface area contributed by atoms with E-state index in [4.69, 9.17) is 4.74 Å². The minimum Gasteiger partial charge on any atom is -0.496 e. The fraction of sp³-hybridized carbons (Fsp3) is 0.409. The third-order valence-corrected chi connectivity index (χ3v) is 5.52. The monoisotopic (exact) mass is 368 g/mol. The number of ether oxygens (including phenoxy) is 1. The van der Waals surface area contributed by atoms with Gasteiger partial charge in [0.05, 0.1) is 13.2 Å². The van der Waals surface area contributed by atoms with Crippen molar-refractivity contribution < 1.29 is 13.9 Å². The highest BCUT2D eigenvalue weighted by Crippen LogP contribution is 2.40. The van der Waals surface area contributed by atoms with Crippen molar-refractivity contribution in [3.63, 3.8) is 0 Å². The van der Waals surface area contributed by atoms with Gasteiger partial charge in [0.2, 0.25) is 5.91 Å². The molecule has 1 unspecified atom stereocenters. The Hall–Kier alpha value is -2.40. The number of benzene rings is 2. The average Bonchev–Trinajstić information content (AvgIpc) is 3.42. The van der Waals surface area contributed by atoms with Gasteiger partial charge in [-0.25, -0.2) is 4.39 Å². The van der Waals surface area contributed by atoms with Crippen LogP contribution in [0.4, 0.5) is 10.1 Å². The minimum absolute atomic E-state index is 0.0211. The Labute approximate surface area is 159 Å². The number of rotatable bonds is 6. The van der Waals surface area contributed by atoms with E-state index in [0.717, 1.165) is 30.6 Å². The van der Waals surface area contributed by atoms with Crippen LogP contribution in [0.3, 0.4) is 0 Å². The molecular weight excluding hydrogens is 343 g/mol. The van der Waals surface area contributed by atoms with E-state index < -0.39 is 0 Å². The Bertz CT molecular complexity index is 818. The van der Waals surface area contributed by atoms with Crippen LogP contribution in [-0.2, 0) is 11.3 Å². The summed E-state index contributed by atoms with van der Waals surface area (Å²) in [6.07, 6.45) is 4.35. The molecule has 2 aliphatic rings. The topological polar surface area (TPSA) is 41.6 Å². The molecule has 0 aromatic heterocycles. The molecule has 2 aromatic rings. The lowest BCUT2D eigenvalue weighted by molar-refractivity contribution is -0.120. The van der Waals surface area contributed by atoms with E-state index in [-0.39, 0.29) is 17.8 Å². The molecule has 1 amide bonds. The Kier molecular flexibility index (Phi) is 5.12. The van der Waals surface area contributed by atoms with Gasteiger partial charge in [-0.1, -0.05) is 18.2 Å². The van der Waals surface area contributed by atoms with E-state index in [9.17, 15) is 9.18 Å². The summed E-state index contributed by atoms with van der Waals surface area (Å²) in [6, 6.07) is 12.6. The Morgan fingerprint density at radius 1 is 1.19 bits per heavy atom. The summed E-state index contributed by atoms with van der Waals surface area (Å²) in [5.74, 6) is 0.941. The molecule has 1 atom stereocenters. The largest absolute Gasteiger partial charge is 0.496 e. The van der Waals surface area contributed by atoms with Crippen molar-refractivity contribution in [3.05, 3.63) is 59.4 Å². The lowest BCUT2D eigenvalue weighted by Crippen LogP contribution is -2.39. The van der Waals surface area contributed by atoms with E-state index >= 15 is 0 Å². The maximum atomic E-state index is 13.4. The highest BCUT2D eigenvalue weighted by Gasteiger charge is 2.31. The van der Waals surface area contributed by atoms with Gasteiger partial charge >= 0.3 is 0 Å². The first kappa shape index (κ1) is 18.0. The lowest BCUT2D eigenvalue weighted by atomic mass is 10.1. The molecule has 4 nitrogen and oxygen atoms in total. The fourth-order valence-electron chi connectivity index (χ4n) is 3.86. The highest BCUT2D eigenvalue weighted by molar-refractivity contribution is 5.95. The second-order valence-electron chi connectivity index (χ2n) is 7.47. The molecule has 1 heterocycles. The number of nitrogens with zero attached hydrogens (tertiary/aromatic N) is 1. The van der Waals surface area contributed by atoms with Crippen LogP contribution in [0.5, 0.6) is 5.75 Å². The predicted molar refractivity (Wildman–Crippen MR) is 103 cm³/mol. The van der Waals surface area contributed by atoms with Crippen LogP contribution < -0.4 is 10.1 Å². The number of hydrogen-bond donors (Lipinski definition) is 1. The molecule has 5 heteroatoms. The summed E-state index contributed by atoms with van der Waals surface area (Å²) in [7, 11) is 1.54. The number of methoxy groups -OCH3 is 1. The highest BCUT2D eigenvalue weighted by atomic mass is 19.1. The summed E-state index contributed by atoms with van der Waals surface area (Å²) in [5, 5.41) is 3.05. The van der Waals surface area contributed by atoms with Crippen LogP contribution in [0.1, 0.15) is 42.7 Å². The van der Waals surface area contributed by atoms with Gasteiger partial charge in [0.25, 0.3) is 0 Å². The Morgan fingerprint density at radius 3 is 2.67 bits per heavy atom. The van der Waals surface area contributed by atoms with Crippen molar-refractivity contribution in [2.75, 3.05) is 19.0 Å². The van der Waals surface area contributed by atoms with Gasteiger partial charge in [0.1, 0.15) is 11.6 Å². The van der Waals surface area contributed by atoms with Gasteiger partial charge in [0, 0.05) is 23.9 Å². The van der Waals surface area contributed by atoms with Crippen molar-refractivity contribution in [1.29, 1.82) is 0 Å². The van der Waals surface area contributed by atoms with Crippen molar-refractivity contribution in [1.82, 2.24) is 4.90 Å². The first-order chi connectivity index (χ1) is 13.1. The smallest absolute Gasteiger partial charge is 0.241 e. The molecular formula is C22H25FN2O2. The number of anilines is 1. The molecule has 1 N–H and O–H groups in total. The van der Waals surface area contributed by atoms with Gasteiger partial charge < -0.3 is 10.1 Å². The third kappa shape index (κ3) is 4.14. The van der Waals surface area contributed by atoms with Gasteiger partial charge in [-0.3, -0.25) is 9.69 Å². The number of hydrogen-bond acceptors (Lipinski definition) is 3. The molecule has 2 aromatic carbocycles. The number of nitrogens with one attached hydrogen (secondary N) is 1. The molecule has 27 heavy (non-hydrogen) atoms. The molecule has 0 radical (unpaired) electrons. The van der Waals surface area contributed by atoms with E-state index in [0.29, 0.717) is 18.2 Å². The van der Waals surface area contributed by atoms with Crippen molar-refractivity contribution >= 4 is 11.6 Å². The minimum atomic E-state index is -0.319. The van der Waals surface area contributed by atoms with E-state index in [1.54, 1.807) is 6.07 Å². The molecule has 1 saturated heterocycles. The quantitative estimate of drug-likeness (QED) is 0.826. The van der Waals surface area contributed by atoms with Gasteiger partial charge in [-0.2, -0.15) is 0 Å². The maximum Gasteiger partial charge on any atom is 0.241 e. The summed E-state index contributed by atoms with van der Waals surface area (Å²) in [5.41, 5.74) is 3.10. The molecule has 0 spiro atoms. The second kappa shape index (κ2) is 7.69. The lowest BCUT2D eigenvalue weighted by Gasteiger charge is -2.24. The van der Waals surface area contributed by atoms with Crippen LogP contribution in [0.25, 0.3) is 0 Å². The van der Waals surface area contributed by atoms with Crippen molar-refractivity contribution in [2.24, 2.45) is 0 Å². The maximum absolute atomic E-state index is 13.4. The van der Waals surface area contributed by atoms with Crippen molar-refractivity contribution in [3.8, 4) is 5.75 Å². The van der Waals surface area contributed by atoms with Crippen LogP contribution in [0.15, 0.2) is 42.5 Å². The standard InChI is InChI=1S/C22H25FN2O2/c1-27-21-13-18(23)9-6-17(21)14-25-12-2-3-20(25)22(26)24-19-10-7-16(8-11-19)15-4-5-15/h6-11,13,15,20H,2-5,12,14H2,1H3,(H,24,26). The van der Waals surface area contributed by atoms with Crippen LogP contribution in [0.2, 0.25) is 0 Å². The predicted octanol–water partition coefficient (Wildman–Crippen LogP) is 4.31. The number of likely N-dealkylation sites (tertiary alicyclic amines) is 1. The number of carbonyl (C=O) groups excluding carboxylic acids is 1.